The Bertz CT molecular complexity index is 635. The summed E-state index contributed by atoms with van der Waals surface area (Å²) in [5.41, 5.74) is -1.04. The van der Waals surface area contributed by atoms with Gasteiger partial charge >= 0.3 is 6.09 Å². The molecule has 2 amide bonds. The van der Waals surface area contributed by atoms with Gasteiger partial charge in [-0.15, -0.1) is 0 Å². The van der Waals surface area contributed by atoms with Gasteiger partial charge in [0.25, 0.3) is 0 Å². The van der Waals surface area contributed by atoms with E-state index in [0.29, 0.717) is 19.4 Å². The van der Waals surface area contributed by atoms with Crippen molar-refractivity contribution < 1.29 is 24.2 Å². The molecule has 2 aliphatic rings. The van der Waals surface area contributed by atoms with E-state index in [9.17, 15) is 19.5 Å². The molecule has 0 aromatic rings. The van der Waals surface area contributed by atoms with Gasteiger partial charge in [0, 0.05) is 6.54 Å². The number of amides is 2. The molecule has 2 fully saturated rings. The number of carbonyl (C=O) groups excluding carboxylic acids is 3. The maximum Gasteiger partial charge on any atom is 0.408 e. The Kier molecular flexibility index (Phi) is 10.7. The molecule has 0 aromatic heterocycles. The number of Topliss-reactive ketones (excluding diaryl/α,β-unsaturated/α-hetero) is 1. The van der Waals surface area contributed by atoms with Crippen molar-refractivity contribution in [2.24, 2.45) is 11.3 Å². The van der Waals surface area contributed by atoms with Crippen molar-refractivity contribution in [3.63, 3.8) is 0 Å². The van der Waals surface area contributed by atoms with E-state index in [4.69, 9.17) is 4.74 Å². The highest BCUT2D eigenvalue weighted by Crippen LogP contribution is 2.41. The smallest absolute Gasteiger partial charge is 0.408 e. The fourth-order valence-electron chi connectivity index (χ4n) is 5.11. The Balaban J connectivity index is 0.00000249. The van der Waals surface area contributed by atoms with Crippen LogP contribution in [0.5, 0.6) is 0 Å². The third-order valence-electron chi connectivity index (χ3n) is 6.47. The molecule has 0 bridgehead atoms. The van der Waals surface area contributed by atoms with Gasteiger partial charge in [-0.25, -0.2) is 4.79 Å². The number of rotatable bonds is 6. The molecule has 2 rings (SSSR count). The molecule has 4 atom stereocenters. The number of hydrogen-bond acceptors (Lipinski definition) is 5. The minimum absolute atomic E-state index is 0.0622. The zero-order valence-electron chi connectivity index (χ0n) is 21.5. The molecule has 2 N–H and O–H groups in total. The molecule has 1 aliphatic carbocycles. The Morgan fingerprint density at radius 2 is 1.72 bits per heavy atom. The summed E-state index contributed by atoms with van der Waals surface area (Å²) in [5, 5.41) is 12.7. The number of hydrogen-bond donors (Lipinski definition) is 2. The Hall–Kier alpha value is -1.63. The van der Waals surface area contributed by atoms with Gasteiger partial charge in [-0.05, 0) is 71.6 Å². The van der Waals surface area contributed by atoms with Crippen molar-refractivity contribution >= 4 is 17.8 Å². The molecule has 0 aromatic carbocycles. The Morgan fingerprint density at radius 3 is 2.19 bits per heavy atom. The van der Waals surface area contributed by atoms with Crippen molar-refractivity contribution in [2.75, 3.05) is 6.54 Å². The van der Waals surface area contributed by atoms with E-state index in [1.807, 2.05) is 13.8 Å². The topological polar surface area (TPSA) is 95.9 Å². The Morgan fingerprint density at radius 1 is 1.16 bits per heavy atom. The fourth-order valence-corrected chi connectivity index (χ4v) is 5.11. The van der Waals surface area contributed by atoms with Crippen LogP contribution >= 0.6 is 0 Å². The molecular formula is C25H46N2O5. The molecule has 1 aliphatic heterocycles. The minimum Gasteiger partial charge on any atom is -0.444 e. The zero-order valence-corrected chi connectivity index (χ0v) is 21.5. The summed E-state index contributed by atoms with van der Waals surface area (Å²) in [4.78, 5) is 40.4. The summed E-state index contributed by atoms with van der Waals surface area (Å²) >= 11 is 0. The molecule has 0 spiro atoms. The van der Waals surface area contributed by atoms with Crippen LogP contribution in [0.1, 0.15) is 100 Å². The van der Waals surface area contributed by atoms with Crippen molar-refractivity contribution in [2.45, 2.75) is 124 Å². The van der Waals surface area contributed by atoms with Gasteiger partial charge in [0.15, 0.2) is 5.78 Å². The van der Waals surface area contributed by atoms with Crippen LogP contribution in [0.15, 0.2) is 0 Å². The van der Waals surface area contributed by atoms with Gasteiger partial charge < -0.3 is 20.1 Å². The van der Waals surface area contributed by atoms with Crippen molar-refractivity contribution in [3.8, 4) is 0 Å². The molecule has 32 heavy (non-hydrogen) atoms. The summed E-state index contributed by atoms with van der Waals surface area (Å²) in [5.74, 6) is -0.345. The summed E-state index contributed by atoms with van der Waals surface area (Å²) in [6.07, 6.45) is 4.86. The van der Waals surface area contributed by atoms with Crippen molar-refractivity contribution in [1.82, 2.24) is 10.2 Å². The van der Waals surface area contributed by atoms with Crippen LogP contribution < -0.4 is 5.32 Å². The normalized spacial score (nSPS) is 24.6. The molecule has 1 heterocycles. The monoisotopic (exact) mass is 454 g/mol. The van der Waals surface area contributed by atoms with E-state index < -0.39 is 29.9 Å². The first-order chi connectivity index (χ1) is 14.8. The number of aliphatic hydroxyl groups excluding tert-OH is 1. The molecule has 1 saturated heterocycles. The first kappa shape index (κ1) is 28.4. The van der Waals surface area contributed by atoms with Crippen LogP contribution in [0.3, 0.4) is 0 Å². The molecule has 7 heteroatoms. The van der Waals surface area contributed by atoms with Crippen molar-refractivity contribution in [3.05, 3.63) is 0 Å². The molecule has 1 saturated carbocycles. The van der Waals surface area contributed by atoms with Crippen LogP contribution in [0.25, 0.3) is 0 Å². The van der Waals surface area contributed by atoms with Crippen LogP contribution in [0, 0.1) is 11.3 Å². The minimum atomic E-state index is -0.736. The van der Waals surface area contributed by atoms with Gasteiger partial charge in [0.2, 0.25) is 5.91 Å². The third kappa shape index (κ3) is 7.75. The summed E-state index contributed by atoms with van der Waals surface area (Å²) in [6.45, 7) is 15.1. The second kappa shape index (κ2) is 12.0. The maximum absolute atomic E-state index is 13.7. The number of nitrogens with zero attached hydrogens (tertiary/aromatic N) is 1. The van der Waals surface area contributed by atoms with Crippen LogP contribution in [-0.4, -0.2) is 58.1 Å². The van der Waals surface area contributed by atoms with Gasteiger partial charge in [0.1, 0.15) is 11.6 Å². The molecule has 7 nitrogen and oxygen atoms in total. The maximum atomic E-state index is 13.7. The van der Waals surface area contributed by atoms with E-state index in [0.717, 1.165) is 32.1 Å². The Labute approximate surface area is 194 Å². The lowest BCUT2D eigenvalue weighted by Gasteiger charge is -2.42. The number of likely N-dealkylation sites (tertiary alicyclic amines) is 1. The van der Waals surface area contributed by atoms with Crippen LogP contribution in [0.4, 0.5) is 4.79 Å². The zero-order chi connectivity index (χ0) is 24.7. The average molecular weight is 455 g/mol. The van der Waals surface area contributed by atoms with Gasteiger partial charge in [-0.3, -0.25) is 9.59 Å². The highest BCUT2D eigenvalue weighted by Gasteiger charge is 2.48. The van der Waals surface area contributed by atoms with Crippen LogP contribution in [0.2, 0.25) is 0 Å². The van der Waals surface area contributed by atoms with Crippen LogP contribution in [-0.2, 0) is 14.3 Å². The first-order valence-electron chi connectivity index (χ1n) is 12.3. The SMILES string of the molecule is CC.CC(=O)C1[C@@H](CC(C)O)CCN1C(=O)C(NC(=O)OC(C)(C)C)C1(C)CCCCC1. The van der Waals surface area contributed by atoms with E-state index in [1.54, 1.807) is 32.6 Å². The number of carbonyl (C=O) groups is 3. The van der Waals surface area contributed by atoms with Gasteiger partial charge in [-0.2, -0.15) is 0 Å². The second-order valence-corrected chi connectivity index (χ2v) is 10.5. The average Bonchev–Trinajstić information content (AvgIpc) is 3.09. The van der Waals surface area contributed by atoms with E-state index >= 15 is 0 Å². The molecule has 0 radical (unpaired) electrons. The summed E-state index contributed by atoms with van der Waals surface area (Å²) in [7, 11) is 0. The summed E-state index contributed by atoms with van der Waals surface area (Å²) < 4.78 is 5.44. The van der Waals surface area contributed by atoms with Crippen molar-refractivity contribution in [1.29, 1.82) is 0 Å². The van der Waals surface area contributed by atoms with E-state index in [1.165, 1.54) is 6.92 Å². The van der Waals surface area contributed by atoms with Gasteiger partial charge in [-0.1, -0.05) is 40.0 Å². The highest BCUT2D eigenvalue weighted by atomic mass is 16.6. The predicted octanol–water partition coefficient (Wildman–Crippen LogP) is 4.45. The second-order valence-electron chi connectivity index (χ2n) is 10.5. The standard InChI is InChI=1S/C23H40N2O5.C2H6/c1-15(26)14-17-10-13-25(18(17)16(2)27)20(28)19(23(6)11-8-7-9-12-23)24-21(29)30-22(3,4)5;1-2/h15,17-19,26H,7-14H2,1-6H3,(H,24,29);1-2H3/t15?,17-,18?,19?;/m1./s1. The largest absolute Gasteiger partial charge is 0.444 e. The number of nitrogens with one attached hydrogen (secondary N) is 1. The number of aliphatic hydroxyl groups is 1. The van der Waals surface area contributed by atoms with E-state index in [-0.39, 0.29) is 23.0 Å². The fraction of sp³-hybridized carbons (Fsp3) is 0.880. The molecule has 186 valence electrons. The van der Waals surface area contributed by atoms with Gasteiger partial charge in [0.05, 0.1) is 12.1 Å². The number of ether oxygens (including phenoxy) is 1. The lowest BCUT2D eigenvalue weighted by atomic mass is 9.70. The summed E-state index contributed by atoms with van der Waals surface area (Å²) in [6, 6.07) is -1.29. The highest BCUT2D eigenvalue weighted by molar-refractivity contribution is 5.92. The quantitative estimate of drug-likeness (QED) is 0.618. The lowest BCUT2D eigenvalue weighted by Crippen LogP contribution is -2.59. The first-order valence-corrected chi connectivity index (χ1v) is 12.3. The lowest BCUT2D eigenvalue weighted by molar-refractivity contribution is -0.143. The number of ketones is 1. The van der Waals surface area contributed by atoms with E-state index in [2.05, 4.69) is 12.2 Å². The molecular weight excluding hydrogens is 408 g/mol. The predicted molar refractivity (Wildman–Crippen MR) is 126 cm³/mol. The molecule has 3 unspecified atom stereocenters. The third-order valence-corrected chi connectivity index (χ3v) is 6.47. The number of alkyl carbamates (subject to hydrolysis) is 1.